The second kappa shape index (κ2) is 8.14. The van der Waals surface area contributed by atoms with Crippen LogP contribution in [0.3, 0.4) is 0 Å². The minimum Gasteiger partial charge on any atom is -0.313 e. The Morgan fingerprint density at radius 1 is 1.30 bits per heavy atom. The van der Waals surface area contributed by atoms with Gasteiger partial charge in [-0.2, -0.15) is 0 Å². The van der Waals surface area contributed by atoms with Crippen molar-refractivity contribution in [1.82, 2.24) is 5.32 Å². The number of rotatable bonds is 7. The van der Waals surface area contributed by atoms with Crippen LogP contribution in [-0.2, 0) is 6.42 Å². The molecule has 1 atom stereocenters. The van der Waals surface area contributed by atoms with Crippen LogP contribution in [0.4, 0.5) is 4.39 Å². The van der Waals surface area contributed by atoms with Gasteiger partial charge in [0.05, 0.1) is 4.47 Å². The van der Waals surface area contributed by atoms with Gasteiger partial charge < -0.3 is 5.32 Å². The van der Waals surface area contributed by atoms with Gasteiger partial charge in [-0.3, -0.25) is 0 Å². The Morgan fingerprint density at radius 3 is 2.55 bits per heavy atom. The van der Waals surface area contributed by atoms with Crippen LogP contribution in [-0.4, -0.2) is 12.6 Å². The number of hydrogen-bond acceptors (Lipinski definition) is 1. The van der Waals surface area contributed by atoms with E-state index in [1.54, 1.807) is 0 Å². The molecule has 0 radical (unpaired) electrons. The van der Waals surface area contributed by atoms with Crippen molar-refractivity contribution in [3.63, 3.8) is 0 Å². The zero-order chi connectivity index (χ0) is 15.2. The zero-order valence-electron chi connectivity index (χ0n) is 13.1. The summed E-state index contributed by atoms with van der Waals surface area (Å²) in [4.78, 5) is 0. The Bertz CT molecular complexity index is 412. The van der Waals surface area contributed by atoms with E-state index in [0.29, 0.717) is 10.5 Å². The van der Waals surface area contributed by atoms with Crippen molar-refractivity contribution >= 4 is 15.9 Å². The molecule has 20 heavy (non-hydrogen) atoms. The number of halogens is 2. The topological polar surface area (TPSA) is 12.0 Å². The molecule has 3 heteroatoms. The molecule has 0 aromatic heterocycles. The maximum absolute atomic E-state index is 13.2. The predicted molar refractivity (Wildman–Crippen MR) is 88.6 cm³/mol. The quantitative estimate of drug-likeness (QED) is 0.705. The molecule has 0 spiro atoms. The van der Waals surface area contributed by atoms with Crippen molar-refractivity contribution < 1.29 is 4.39 Å². The summed E-state index contributed by atoms with van der Waals surface area (Å²) < 4.78 is 13.7. The fourth-order valence-corrected chi connectivity index (χ4v) is 2.79. The van der Waals surface area contributed by atoms with E-state index >= 15 is 0 Å². The molecular formula is C17H27BrFN. The van der Waals surface area contributed by atoms with Crippen LogP contribution >= 0.6 is 15.9 Å². The van der Waals surface area contributed by atoms with E-state index in [4.69, 9.17) is 0 Å². The number of aryl methyl sites for hydroxylation is 1. The first kappa shape index (κ1) is 17.6. The largest absolute Gasteiger partial charge is 0.313 e. The third kappa shape index (κ3) is 5.92. The molecule has 1 aromatic rings. The molecule has 1 unspecified atom stereocenters. The molecule has 1 nitrogen and oxygen atoms in total. The van der Waals surface area contributed by atoms with E-state index in [-0.39, 0.29) is 11.2 Å². The van der Waals surface area contributed by atoms with E-state index in [2.05, 4.69) is 48.9 Å². The average molecular weight is 344 g/mol. The van der Waals surface area contributed by atoms with Crippen LogP contribution in [0.15, 0.2) is 22.7 Å². The number of hydrogen-bond donors (Lipinski definition) is 1. The Hall–Kier alpha value is -0.410. The van der Waals surface area contributed by atoms with Gasteiger partial charge in [0.15, 0.2) is 0 Å². The monoisotopic (exact) mass is 343 g/mol. The molecule has 0 saturated heterocycles. The Labute approximate surface area is 131 Å². The third-order valence-electron chi connectivity index (χ3n) is 3.63. The van der Waals surface area contributed by atoms with Crippen LogP contribution < -0.4 is 5.32 Å². The summed E-state index contributed by atoms with van der Waals surface area (Å²) in [6.45, 7) is 10.1. The first-order valence-corrected chi connectivity index (χ1v) is 8.31. The second-order valence-corrected chi connectivity index (χ2v) is 7.37. The first-order valence-electron chi connectivity index (χ1n) is 7.52. The molecule has 1 rings (SSSR count). The van der Waals surface area contributed by atoms with Crippen LogP contribution in [0.2, 0.25) is 0 Å². The van der Waals surface area contributed by atoms with Gasteiger partial charge >= 0.3 is 0 Å². The fourth-order valence-electron chi connectivity index (χ4n) is 2.37. The number of nitrogens with one attached hydrogen (secondary N) is 1. The molecule has 0 amide bonds. The third-order valence-corrected chi connectivity index (χ3v) is 4.24. The molecule has 1 aromatic carbocycles. The predicted octanol–water partition coefficient (Wildman–Crippen LogP) is 5.33. The molecule has 0 bridgehead atoms. The minimum atomic E-state index is -0.189. The first-order chi connectivity index (χ1) is 9.34. The molecule has 0 aliphatic heterocycles. The number of benzene rings is 1. The Morgan fingerprint density at radius 2 is 2.00 bits per heavy atom. The van der Waals surface area contributed by atoms with Gasteiger partial charge in [0.25, 0.3) is 0 Å². The van der Waals surface area contributed by atoms with Gasteiger partial charge in [0, 0.05) is 6.04 Å². The van der Waals surface area contributed by atoms with E-state index in [1.165, 1.54) is 11.6 Å². The smallest absolute Gasteiger partial charge is 0.137 e. The van der Waals surface area contributed by atoms with Crippen LogP contribution in [0.25, 0.3) is 0 Å². The van der Waals surface area contributed by atoms with Crippen molar-refractivity contribution in [2.75, 3.05) is 6.54 Å². The lowest BCUT2D eigenvalue weighted by Gasteiger charge is -2.32. The average Bonchev–Trinajstić information content (AvgIpc) is 2.36. The molecular weight excluding hydrogens is 317 g/mol. The molecule has 0 aliphatic carbocycles. The minimum absolute atomic E-state index is 0.189. The van der Waals surface area contributed by atoms with Crippen LogP contribution in [0.1, 0.15) is 52.5 Å². The van der Waals surface area contributed by atoms with Gasteiger partial charge in [-0.25, -0.2) is 4.39 Å². The highest BCUT2D eigenvalue weighted by atomic mass is 79.9. The van der Waals surface area contributed by atoms with Gasteiger partial charge in [0.2, 0.25) is 0 Å². The van der Waals surface area contributed by atoms with E-state index in [1.807, 2.05) is 12.1 Å². The molecule has 0 aliphatic rings. The van der Waals surface area contributed by atoms with Gasteiger partial charge in [-0.1, -0.05) is 33.8 Å². The lowest BCUT2D eigenvalue weighted by Crippen LogP contribution is -2.40. The highest BCUT2D eigenvalue weighted by Crippen LogP contribution is 2.24. The van der Waals surface area contributed by atoms with Crippen molar-refractivity contribution in [3.8, 4) is 0 Å². The van der Waals surface area contributed by atoms with Crippen molar-refractivity contribution in [1.29, 1.82) is 0 Å². The van der Waals surface area contributed by atoms with Gasteiger partial charge in [0.1, 0.15) is 5.82 Å². The molecule has 0 heterocycles. The summed E-state index contributed by atoms with van der Waals surface area (Å²) in [7, 11) is 0. The molecule has 0 fully saturated rings. The molecule has 114 valence electrons. The fraction of sp³-hybridized carbons (Fsp3) is 0.647. The lowest BCUT2D eigenvalue weighted by molar-refractivity contribution is 0.251. The normalized spacial score (nSPS) is 13.5. The summed E-state index contributed by atoms with van der Waals surface area (Å²) >= 11 is 3.25. The highest BCUT2D eigenvalue weighted by Gasteiger charge is 2.23. The SMILES string of the molecule is CCCNC(CCCc1ccc(F)c(Br)c1)C(C)(C)C. The second-order valence-electron chi connectivity index (χ2n) is 6.51. The molecule has 0 saturated carbocycles. The Kier molecular flexibility index (Phi) is 7.18. The van der Waals surface area contributed by atoms with Crippen molar-refractivity contribution in [2.24, 2.45) is 5.41 Å². The van der Waals surface area contributed by atoms with Gasteiger partial charge in [-0.15, -0.1) is 0 Å². The summed E-state index contributed by atoms with van der Waals surface area (Å²) in [5, 5.41) is 3.65. The van der Waals surface area contributed by atoms with Crippen molar-refractivity contribution in [2.45, 2.75) is 59.4 Å². The van der Waals surface area contributed by atoms with Crippen LogP contribution in [0, 0.1) is 11.2 Å². The molecule has 1 N–H and O–H groups in total. The van der Waals surface area contributed by atoms with Crippen LogP contribution in [0.5, 0.6) is 0 Å². The van der Waals surface area contributed by atoms with E-state index < -0.39 is 0 Å². The summed E-state index contributed by atoms with van der Waals surface area (Å²) in [5.74, 6) is -0.189. The highest BCUT2D eigenvalue weighted by molar-refractivity contribution is 9.10. The maximum Gasteiger partial charge on any atom is 0.137 e. The lowest BCUT2D eigenvalue weighted by atomic mass is 9.83. The van der Waals surface area contributed by atoms with E-state index in [0.717, 1.165) is 32.2 Å². The summed E-state index contributed by atoms with van der Waals surface area (Å²) in [6, 6.07) is 5.84. The van der Waals surface area contributed by atoms with E-state index in [9.17, 15) is 4.39 Å². The summed E-state index contributed by atoms with van der Waals surface area (Å²) in [6.07, 6.45) is 4.44. The van der Waals surface area contributed by atoms with Crippen molar-refractivity contribution in [3.05, 3.63) is 34.1 Å². The van der Waals surface area contributed by atoms with Gasteiger partial charge in [-0.05, 0) is 71.3 Å². The Balaban J connectivity index is 2.49. The zero-order valence-corrected chi connectivity index (χ0v) is 14.7. The standard InChI is InChI=1S/C17H27BrFN/c1-5-11-20-16(17(2,3)4)8-6-7-13-9-10-15(19)14(18)12-13/h9-10,12,16,20H,5-8,11H2,1-4H3. The summed E-state index contributed by atoms with van der Waals surface area (Å²) in [5.41, 5.74) is 1.47. The maximum atomic E-state index is 13.2.